The Bertz CT molecular complexity index is 1690. The zero-order valence-electron chi connectivity index (χ0n) is 28.8. The van der Waals surface area contributed by atoms with Crippen LogP contribution in [-0.2, 0) is 0 Å². The molecule has 0 fully saturated rings. The molecule has 0 heterocycles. The highest BCUT2D eigenvalue weighted by Gasteiger charge is 2.23. The van der Waals surface area contributed by atoms with E-state index in [9.17, 15) is 14.4 Å². The molecule has 4 nitrogen and oxygen atoms in total. The van der Waals surface area contributed by atoms with Gasteiger partial charge in [0.15, 0.2) is 17.3 Å². The number of rotatable bonds is 9. The summed E-state index contributed by atoms with van der Waals surface area (Å²) in [6.45, 7) is 16.1. The number of ether oxygens (including phenoxy) is 1. The third kappa shape index (κ3) is 11.9. The normalized spacial score (nSPS) is 11.2. The van der Waals surface area contributed by atoms with Gasteiger partial charge in [-0.05, 0) is 75.2 Å². The molecule has 4 heteroatoms. The minimum Gasteiger partial charge on any atom is -0.457 e. The number of carbonyl (C=O) groups excluding carboxylic acids is 3. The lowest BCUT2D eigenvalue weighted by Crippen LogP contribution is -2.20. The Kier molecular flexibility index (Phi) is 14.5. The summed E-state index contributed by atoms with van der Waals surface area (Å²) in [6.07, 6.45) is 14.5. The van der Waals surface area contributed by atoms with Crippen molar-refractivity contribution in [1.29, 1.82) is 0 Å². The maximum absolute atomic E-state index is 12.9. The van der Waals surface area contributed by atoms with Gasteiger partial charge in [-0.3, -0.25) is 14.4 Å². The molecule has 0 atom stereocenters. The van der Waals surface area contributed by atoms with Crippen molar-refractivity contribution in [3.05, 3.63) is 154 Å². The fourth-order valence-corrected chi connectivity index (χ4v) is 4.17. The molecule has 0 aliphatic rings. The molecular formula is C43H46O4. The SMILES string of the molecule is C#C.C/C=C(C)\C=C/C(C)C.Cc1ccc(C(=O)c2ccc(Oc3ccc(C(=O)c4ccc(C(=O)C(C)(C)C)cc4)cc3)cc2)cc1. The number of hydrogen-bond acceptors (Lipinski definition) is 4. The molecule has 0 N–H and O–H groups in total. The molecule has 0 aliphatic carbocycles. The molecular weight excluding hydrogens is 580 g/mol. The highest BCUT2D eigenvalue weighted by atomic mass is 16.5. The highest BCUT2D eigenvalue weighted by Crippen LogP contribution is 2.25. The van der Waals surface area contributed by atoms with Crippen molar-refractivity contribution in [1.82, 2.24) is 0 Å². The smallest absolute Gasteiger partial charge is 0.193 e. The molecule has 4 rings (SSSR count). The monoisotopic (exact) mass is 626 g/mol. The topological polar surface area (TPSA) is 60.4 Å². The number of aryl methyl sites for hydroxylation is 1. The van der Waals surface area contributed by atoms with Crippen molar-refractivity contribution >= 4 is 17.3 Å². The molecule has 0 bridgehead atoms. The molecule has 4 aromatic carbocycles. The summed E-state index contributed by atoms with van der Waals surface area (Å²) in [5.74, 6) is 1.70. The number of terminal acetylenes is 1. The Hall–Kier alpha value is -5.27. The first kappa shape index (κ1) is 37.9. The predicted molar refractivity (Wildman–Crippen MR) is 195 cm³/mol. The van der Waals surface area contributed by atoms with Gasteiger partial charge >= 0.3 is 0 Å². The molecule has 47 heavy (non-hydrogen) atoms. The van der Waals surface area contributed by atoms with Crippen LogP contribution in [0.4, 0.5) is 0 Å². The minimum atomic E-state index is -0.474. The fourth-order valence-electron chi connectivity index (χ4n) is 4.17. The van der Waals surface area contributed by atoms with E-state index < -0.39 is 5.41 Å². The van der Waals surface area contributed by atoms with E-state index in [0.717, 1.165) is 5.56 Å². The second-order valence-electron chi connectivity index (χ2n) is 12.5. The van der Waals surface area contributed by atoms with E-state index >= 15 is 0 Å². The number of carbonyl (C=O) groups is 3. The number of benzene rings is 4. The van der Waals surface area contributed by atoms with Crippen LogP contribution >= 0.6 is 0 Å². The summed E-state index contributed by atoms with van der Waals surface area (Å²) < 4.78 is 5.89. The molecule has 0 amide bonds. The molecule has 0 saturated heterocycles. The minimum absolute atomic E-state index is 0.0375. The first-order chi connectivity index (χ1) is 22.3. The van der Waals surface area contributed by atoms with Crippen LogP contribution in [0.3, 0.4) is 0 Å². The van der Waals surface area contributed by atoms with Crippen LogP contribution in [0.15, 0.2) is 121 Å². The van der Waals surface area contributed by atoms with Crippen molar-refractivity contribution in [3.63, 3.8) is 0 Å². The summed E-state index contributed by atoms with van der Waals surface area (Å²) in [6, 6.07) is 28.1. The Morgan fingerprint density at radius 3 is 1.32 bits per heavy atom. The van der Waals surface area contributed by atoms with E-state index in [1.165, 1.54) is 5.57 Å². The molecule has 0 unspecified atom stereocenters. The van der Waals surface area contributed by atoms with Gasteiger partial charge in [-0.2, -0.15) is 0 Å². The average molecular weight is 627 g/mol. The Morgan fingerprint density at radius 2 is 0.979 bits per heavy atom. The zero-order chi connectivity index (χ0) is 35.1. The van der Waals surface area contributed by atoms with Gasteiger partial charge in [0.25, 0.3) is 0 Å². The fraction of sp³-hybridized carbons (Fsp3) is 0.233. The van der Waals surface area contributed by atoms with E-state index in [2.05, 4.69) is 58.8 Å². The lowest BCUT2D eigenvalue weighted by molar-refractivity contribution is 0.0857. The Balaban J connectivity index is 0.000000605. The summed E-state index contributed by atoms with van der Waals surface area (Å²) in [5, 5.41) is 0. The van der Waals surface area contributed by atoms with Gasteiger partial charge in [-0.1, -0.05) is 113 Å². The zero-order valence-corrected chi connectivity index (χ0v) is 28.8. The van der Waals surface area contributed by atoms with Crippen LogP contribution in [0.5, 0.6) is 11.5 Å². The van der Waals surface area contributed by atoms with E-state index in [0.29, 0.717) is 45.2 Å². The van der Waals surface area contributed by atoms with Crippen LogP contribution in [0, 0.1) is 31.1 Å². The maximum atomic E-state index is 12.9. The van der Waals surface area contributed by atoms with Crippen molar-refractivity contribution in [2.75, 3.05) is 0 Å². The van der Waals surface area contributed by atoms with Gasteiger partial charge in [0, 0.05) is 33.2 Å². The summed E-state index contributed by atoms with van der Waals surface area (Å²) in [5.41, 5.74) is 4.83. The average Bonchev–Trinajstić information content (AvgIpc) is 3.08. The Morgan fingerprint density at radius 1 is 0.638 bits per heavy atom. The van der Waals surface area contributed by atoms with Crippen LogP contribution < -0.4 is 4.74 Å². The third-order valence-corrected chi connectivity index (χ3v) is 7.07. The molecule has 0 saturated carbocycles. The van der Waals surface area contributed by atoms with Crippen LogP contribution in [0.25, 0.3) is 0 Å². The van der Waals surface area contributed by atoms with Gasteiger partial charge in [0.2, 0.25) is 0 Å². The van der Waals surface area contributed by atoms with Gasteiger partial charge < -0.3 is 4.74 Å². The van der Waals surface area contributed by atoms with Crippen molar-refractivity contribution in [2.24, 2.45) is 11.3 Å². The van der Waals surface area contributed by atoms with Crippen LogP contribution in [-0.4, -0.2) is 17.3 Å². The lowest BCUT2D eigenvalue weighted by Gasteiger charge is -2.16. The standard InChI is InChI=1S/C32H28O4.C9H16.C2H2/c1-21-5-7-22(8-6-21)29(33)24-13-17-27(18-14-24)36-28-19-15-25(16-20-28)30(34)23-9-11-26(12-10-23)31(35)32(2,3)4;1-5-9(4)7-6-8(2)3;1-2/h5-20H,1-4H3;5-8H,1-4H3;1-2H/b;7-6-,9-5-;. The van der Waals surface area contributed by atoms with Gasteiger partial charge in [-0.15, -0.1) is 12.8 Å². The first-order valence-corrected chi connectivity index (χ1v) is 15.6. The van der Waals surface area contributed by atoms with Crippen LogP contribution in [0.1, 0.15) is 96.2 Å². The summed E-state index contributed by atoms with van der Waals surface area (Å²) >= 11 is 0. The van der Waals surface area contributed by atoms with E-state index in [1.807, 2.05) is 52.0 Å². The number of ketones is 3. The highest BCUT2D eigenvalue weighted by molar-refractivity contribution is 6.10. The molecule has 242 valence electrons. The molecule has 0 aliphatic heterocycles. The first-order valence-electron chi connectivity index (χ1n) is 15.6. The summed E-state index contributed by atoms with van der Waals surface area (Å²) in [4.78, 5) is 37.9. The molecule has 0 aromatic heterocycles. The van der Waals surface area contributed by atoms with Crippen molar-refractivity contribution < 1.29 is 19.1 Å². The largest absolute Gasteiger partial charge is 0.457 e. The Labute approximate surface area is 281 Å². The molecule has 4 aromatic rings. The molecule has 0 radical (unpaired) electrons. The van der Waals surface area contributed by atoms with Crippen molar-refractivity contribution in [2.45, 2.75) is 55.4 Å². The van der Waals surface area contributed by atoms with Gasteiger partial charge in [0.05, 0.1) is 0 Å². The lowest BCUT2D eigenvalue weighted by atomic mass is 9.86. The van der Waals surface area contributed by atoms with E-state index in [4.69, 9.17) is 4.74 Å². The van der Waals surface area contributed by atoms with E-state index in [-0.39, 0.29) is 17.3 Å². The summed E-state index contributed by atoms with van der Waals surface area (Å²) in [7, 11) is 0. The van der Waals surface area contributed by atoms with Crippen LogP contribution in [0.2, 0.25) is 0 Å². The second kappa shape index (κ2) is 18.0. The van der Waals surface area contributed by atoms with Crippen molar-refractivity contribution in [3.8, 4) is 24.3 Å². The maximum Gasteiger partial charge on any atom is 0.193 e. The quantitative estimate of drug-likeness (QED) is 0.105. The van der Waals surface area contributed by atoms with Gasteiger partial charge in [0.1, 0.15) is 11.5 Å². The van der Waals surface area contributed by atoms with Gasteiger partial charge in [-0.25, -0.2) is 0 Å². The number of Topliss-reactive ketones (excluding diaryl/α,β-unsaturated/α-hetero) is 1. The number of allylic oxidation sites excluding steroid dienone is 4. The number of hydrogen-bond donors (Lipinski definition) is 0. The third-order valence-electron chi connectivity index (χ3n) is 7.07. The van der Waals surface area contributed by atoms with E-state index in [1.54, 1.807) is 72.8 Å². The predicted octanol–water partition coefficient (Wildman–Crippen LogP) is 10.9. The molecule has 0 spiro atoms. The second-order valence-corrected chi connectivity index (χ2v) is 12.5.